The maximum absolute atomic E-state index is 12.5. The average molecular weight is 389 g/mol. The number of carboxylic acid groups (broad SMARTS) is 2. The second kappa shape index (κ2) is 10.6. The van der Waals surface area contributed by atoms with Crippen molar-refractivity contribution >= 4 is 20.0 Å². The van der Waals surface area contributed by atoms with Gasteiger partial charge in [-0.1, -0.05) is 60.7 Å². The van der Waals surface area contributed by atoms with Crippen molar-refractivity contribution in [2.24, 2.45) is 5.92 Å². The lowest BCUT2D eigenvalue weighted by molar-refractivity contribution is -0.142. The first-order valence-corrected chi connectivity index (χ1v) is 9.97. The Labute approximate surface area is 158 Å². The van der Waals surface area contributed by atoms with Crippen molar-refractivity contribution in [1.82, 2.24) is 0 Å². The van der Waals surface area contributed by atoms with Crippen molar-refractivity contribution < 1.29 is 28.9 Å². The van der Waals surface area contributed by atoms with Crippen LogP contribution >= 0.6 is 8.03 Å². The lowest BCUT2D eigenvalue weighted by Gasteiger charge is -2.13. The molecule has 0 radical (unpaired) electrons. The third kappa shape index (κ3) is 7.29. The van der Waals surface area contributed by atoms with Crippen molar-refractivity contribution in [3.63, 3.8) is 0 Å². The zero-order valence-electron chi connectivity index (χ0n) is 14.7. The van der Waals surface area contributed by atoms with Crippen LogP contribution in [0.3, 0.4) is 0 Å². The standard InChI is InChI=1S/C20H21O6P/c21-19(22)12-11-17(20(23)24)14-27(25)26-18(16-9-5-2-6-10-16)13-15-7-3-1-4-8-15/h1-10,17-18H,11-14H2,(H-,21,22,23,24)/p+1. The molecule has 0 spiro atoms. The van der Waals surface area contributed by atoms with Gasteiger partial charge in [0.1, 0.15) is 12.0 Å². The Morgan fingerprint density at radius 2 is 1.56 bits per heavy atom. The first-order chi connectivity index (χ1) is 13.0. The smallest absolute Gasteiger partial charge is 0.481 e. The van der Waals surface area contributed by atoms with Gasteiger partial charge in [0.2, 0.25) is 0 Å². The number of aliphatic carboxylic acids is 2. The molecule has 0 aliphatic carbocycles. The lowest BCUT2D eigenvalue weighted by Crippen LogP contribution is -2.18. The van der Waals surface area contributed by atoms with Crippen LogP contribution in [-0.2, 0) is 25.1 Å². The summed E-state index contributed by atoms with van der Waals surface area (Å²) in [6, 6.07) is 18.9. The van der Waals surface area contributed by atoms with Crippen LogP contribution in [0.2, 0.25) is 0 Å². The highest BCUT2D eigenvalue weighted by molar-refractivity contribution is 7.39. The molecular weight excluding hydrogens is 367 g/mol. The summed E-state index contributed by atoms with van der Waals surface area (Å²) in [5, 5.41) is 18.0. The first kappa shape index (κ1) is 20.7. The predicted molar refractivity (Wildman–Crippen MR) is 101 cm³/mol. The van der Waals surface area contributed by atoms with Crippen LogP contribution in [0, 0.1) is 5.92 Å². The molecule has 2 aromatic rings. The second-order valence-corrected chi connectivity index (χ2v) is 7.42. The molecule has 3 unspecified atom stereocenters. The van der Waals surface area contributed by atoms with Gasteiger partial charge < -0.3 is 10.2 Å². The lowest BCUT2D eigenvalue weighted by atomic mass is 10.0. The molecule has 0 bridgehead atoms. The highest BCUT2D eigenvalue weighted by Gasteiger charge is 2.34. The Kier molecular flexibility index (Phi) is 8.11. The van der Waals surface area contributed by atoms with Gasteiger partial charge in [-0.05, 0) is 22.1 Å². The number of benzene rings is 2. The molecule has 0 amide bonds. The van der Waals surface area contributed by atoms with E-state index in [9.17, 15) is 19.3 Å². The molecule has 0 aliphatic rings. The fourth-order valence-corrected chi connectivity index (χ4v) is 3.93. The van der Waals surface area contributed by atoms with E-state index >= 15 is 0 Å². The van der Waals surface area contributed by atoms with E-state index < -0.39 is 32.0 Å². The molecule has 3 atom stereocenters. The molecule has 0 saturated heterocycles. The summed E-state index contributed by atoms with van der Waals surface area (Å²) >= 11 is 0. The Bertz CT molecular complexity index is 763. The zero-order valence-corrected chi connectivity index (χ0v) is 15.6. The molecule has 27 heavy (non-hydrogen) atoms. The summed E-state index contributed by atoms with van der Waals surface area (Å²) in [5.74, 6) is -3.26. The molecule has 7 heteroatoms. The Hall–Kier alpha value is -2.56. The number of carbonyl (C=O) groups is 2. The van der Waals surface area contributed by atoms with Crippen LogP contribution < -0.4 is 0 Å². The molecule has 0 fully saturated rings. The largest absolute Gasteiger partial charge is 0.509 e. The van der Waals surface area contributed by atoms with Gasteiger partial charge in [-0.15, -0.1) is 4.52 Å². The van der Waals surface area contributed by atoms with Crippen LogP contribution in [0.5, 0.6) is 0 Å². The maximum Gasteiger partial charge on any atom is 0.509 e. The van der Waals surface area contributed by atoms with Crippen molar-refractivity contribution in [2.45, 2.75) is 25.4 Å². The van der Waals surface area contributed by atoms with Crippen LogP contribution in [0.15, 0.2) is 60.7 Å². The highest BCUT2D eigenvalue weighted by atomic mass is 31.1. The van der Waals surface area contributed by atoms with Gasteiger partial charge in [0.25, 0.3) is 0 Å². The van der Waals surface area contributed by atoms with Crippen LogP contribution in [-0.4, -0.2) is 28.3 Å². The van der Waals surface area contributed by atoms with Crippen LogP contribution in [0.25, 0.3) is 0 Å². The summed E-state index contributed by atoms with van der Waals surface area (Å²) in [6.45, 7) is 0. The van der Waals surface area contributed by atoms with Crippen LogP contribution in [0.1, 0.15) is 30.1 Å². The molecule has 142 valence electrons. The molecule has 0 heterocycles. The van der Waals surface area contributed by atoms with Gasteiger partial charge in [0, 0.05) is 12.8 Å². The van der Waals surface area contributed by atoms with Crippen LogP contribution in [0.4, 0.5) is 0 Å². The summed E-state index contributed by atoms with van der Waals surface area (Å²) in [6.07, 6.45) is -0.559. The van der Waals surface area contributed by atoms with E-state index in [0.717, 1.165) is 11.1 Å². The normalized spacial score (nSPS) is 13.6. The summed E-state index contributed by atoms with van der Waals surface area (Å²) < 4.78 is 18.2. The number of rotatable bonds is 11. The maximum atomic E-state index is 12.5. The van der Waals surface area contributed by atoms with Gasteiger partial charge >= 0.3 is 20.0 Å². The second-order valence-electron chi connectivity index (χ2n) is 6.18. The van der Waals surface area contributed by atoms with Gasteiger partial charge in [-0.25, -0.2) is 0 Å². The van der Waals surface area contributed by atoms with Gasteiger partial charge in [-0.3, -0.25) is 9.59 Å². The van der Waals surface area contributed by atoms with Crippen molar-refractivity contribution in [2.75, 3.05) is 6.16 Å². The highest BCUT2D eigenvalue weighted by Crippen LogP contribution is 2.36. The van der Waals surface area contributed by atoms with E-state index in [4.69, 9.17) is 9.63 Å². The van der Waals surface area contributed by atoms with Crippen molar-refractivity contribution in [3.05, 3.63) is 71.8 Å². The van der Waals surface area contributed by atoms with Gasteiger partial charge in [0.05, 0.1) is 0 Å². The molecule has 0 aromatic heterocycles. The minimum atomic E-state index is -2.27. The minimum absolute atomic E-state index is 0.0796. The molecular formula is C20H22O6P+. The van der Waals surface area contributed by atoms with Gasteiger partial charge in [0.15, 0.2) is 6.16 Å². The summed E-state index contributed by atoms with van der Waals surface area (Å²) in [7, 11) is -2.27. The van der Waals surface area contributed by atoms with E-state index in [1.807, 2.05) is 60.7 Å². The fraction of sp³-hybridized carbons (Fsp3) is 0.300. The Balaban J connectivity index is 2.08. The van der Waals surface area contributed by atoms with E-state index in [2.05, 4.69) is 0 Å². The number of hydrogen-bond donors (Lipinski definition) is 2. The first-order valence-electron chi connectivity index (χ1n) is 8.60. The van der Waals surface area contributed by atoms with E-state index in [1.54, 1.807) is 0 Å². The zero-order chi connectivity index (χ0) is 19.6. The third-order valence-corrected chi connectivity index (χ3v) is 5.33. The summed E-state index contributed by atoms with van der Waals surface area (Å²) in [4.78, 5) is 22.0. The number of carboxylic acids is 2. The average Bonchev–Trinajstić information content (AvgIpc) is 2.65. The topological polar surface area (TPSA) is 101 Å². The molecule has 6 nitrogen and oxygen atoms in total. The summed E-state index contributed by atoms with van der Waals surface area (Å²) in [5.41, 5.74) is 1.86. The molecule has 2 rings (SSSR count). The molecule has 2 aromatic carbocycles. The quantitative estimate of drug-likeness (QED) is 0.556. The molecule has 0 saturated carbocycles. The Morgan fingerprint density at radius 1 is 0.963 bits per heavy atom. The minimum Gasteiger partial charge on any atom is -0.481 e. The van der Waals surface area contributed by atoms with Gasteiger partial charge in [-0.2, -0.15) is 0 Å². The fourth-order valence-electron chi connectivity index (χ4n) is 2.67. The van der Waals surface area contributed by atoms with E-state index in [-0.39, 0.29) is 19.0 Å². The molecule has 2 N–H and O–H groups in total. The van der Waals surface area contributed by atoms with E-state index in [1.165, 1.54) is 0 Å². The molecule has 0 aliphatic heterocycles. The third-order valence-electron chi connectivity index (χ3n) is 4.11. The van der Waals surface area contributed by atoms with Crippen molar-refractivity contribution in [1.29, 1.82) is 0 Å². The predicted octanol–water partition coefficient (Wildman–Crippen LogP) is 4.30. The number of hydrogen-bond acceptors (Lipinski definition) is 4. The SMILES string of the molecule is O=C(O)CCC(C[P+](=O)OC(Cc1ccccc1)c1ccccc1)C(=O)O. The monoisotopic (exact) mass is 389 g/mol. The Morgan fingerprint density at radius 3 is 2.11 bits per heavy atom. The van der Waals surface area contributed by atoms with Crippen molar-refractivity contribution in [3.8, 4) is 0 Å². The van der Waals surface area contributed by atoms with E-state index in [0.29, 0.717) is 6.42 Å².